The van der Waals surface area contributed by atoms with Crippen molar-refractivity contribution in [2.75, 3.05) is 13.1 Å². The van der Waals surface area contributed by atoms with Gasteiger partial charge in [0.2, 0.25) is 11.8 Å². The number of rotatable bonds is 6. The lowest BCUT2D eigenvalue weighted by atomic mass is 9.96. The number of hydrogen-bond acceptors (Lipinski definition) is 4. The SMILES string of the molecule is C#CCNC(=O)CC(=O)NCC(C)(O)c1cc(C)oc1C. The Morgan fingerprint density at radius 2 is 2.00 bits per heavy atom. The molecule has 0 aliphatic rings. The van der Waals surface area contributed by atoms with Crippen LogP contribution in [-0.2, 0) is 15.2 Å². The molecule has 114 valence electrons. The quantitative estimate of drug-likeness (QED) is 0.521. The van der Waals surface area contributed by atoms with E-state index in [1.807, 2.05) is 0 Å². The van der Waals surface area contributed by atoms with Crippen molar-refractivity contribution in [2.24, 2.45) is 0 Å². The van der Waals surface area contributed by atoms with Gasteiger partial charge in [0, 0.05) is 5.56 Å². The van der Waals surface area contributed by atoms with Crippen molar-refractivity contribution in [2.45, 2.75) is 32.8 Å². The summed E-state index contributed by atoms with van der Waals surface area (Å²) in [6, 6.07) is 1.72. The minimum atomic E-state index is -1.27. The average Bonchev–Trinajstić information content (AvgIpc) is 2.74. The molecule has 0 fully saturated rings. The summed E-state index contributed by atoms with van der Waals surface area (Å²) in [4.78, 5) is 22.9. The Balaban J connectivity index is 2.54. The second-order valence-electron chi connectivity index (χ2n) is 5.04. The molecule has 6 heteroatoms. The van der Waals surface area contributed by atoms with Crippen molar-refractivity contribution in [3.05, 3.63) is 23.2 Å². The van der Waals surface area contributed by atoms with Gasteiger partial charge < -0.3 is 20.2 Å². The number of furan rings is 1. The van der Waals surface area contributed by atoms with Gasteiger partial charge in [0.25, 0.3) is 0 Å². The Morgan fingerprint density at radius 3 is 2.52 bits per heavy atom. The third-order valence-electron chi connectivity index (χ3n) is 2.96. The van der Waals surface area contributed by atoms with Crippen LogP contribution in [0.3, 0.4) is 0 Å². The molecule has 0 aliphatic carbocycles. The summed E-state index contributed by atoms with van der Waals surface area (Å²) in [5, 5.41) is 15.3. The van der Waals surface area contributed by atoms with Gasteiger partial charge in [-0.25, -0.2) is 0 Å². The van der Waals surface area contributed by atoms with Crippen LogP contribution in [-0.4, -0.2) is 30.0 Å². The van der Waals surface area contributed by atoms with Gasteiger partial charge >= 0.3 is 0 Å². The minimum Gasteiger partial charge on any atom is -0.466 e. The Hall–Kier alpha value is -2.26. The fourth-order valence-electron chi connectivity index (χ4n) is 1.95. The van der Waals surface area contributed by atoms with Gasteiger partial charge in [-0.05, 0) is 26.8 Å². The number of terminal acetylenes is 1. The standard InChI is InChI=1S/C15H20N2O4/c1-5-6-16-13(18)8-14(19)17-9-15(4,20)12-7-10(2)21-11(12)3/h1,7,20H,6,8-9H2,2-4H3,(H,16,18)(H,17,19). The van der Waals surface area contributed by atoms with Crippen molar-refractivity contribution in [3.8, 4) is 12.3 Å². The van der Waals surface area contributed by atoms with Crippen LogP contribution in [0.1, 0.15) is 30.4 Å². The second kappa shape index (κ2) is 6.95. The molecule has 0 aromatic carbocycles. The maximum Gasteiger partial charge on any atom is 0.230 e. The summed E-state index contributed by atoms with van der Waals surface area (Å²) in [6.45, 7) is 5.15. The van der Waals surface area contributed by atoms with Gasteiger partial charge in [-0.3, -0.25) is 9.59 Å². The first-order valence-electron chi connectivity index (χ1n) is 6.53. The Kier molecular flexibility index (Phi) is 5.56. The number of aliphatic hydroxyl groups is 1. The van der Waals surface area contributed by atoms with Gasteiger partial charge in [0.1, 0.15) is 23.5 Å². The number of aryl methyl sites for hydroxylation is 2. The zero-order valence-corrected chi connectivity index (χ0v) is 12.4. The summed E-state index contributed by atoms with van der Waals surface area (Å²) >= 11 is 0. The van der Waals surface area contributed by atoms with Gasteiger partial charge in [-0.1, -0.05) is 5.92 Å². The van der Waals surface area contributed by atoms with Crippen molar-refractivity contribution in [1.29, 1.82) is 0 Å². The maximum absolute atomic E-state index is 11.6. The van der Waals surface area contributed by atoms with Gasteiger partial charge in [0.15, 0.2) is 0 Å². The largest absolute Gasteiger partial charge is 0.466 e. The van der Waals surface area contributed by atoms with Crippen LogP contribution in [0.2, 0.25) is 0 Å². The lowest BCUT2D eigenvalue weighted by Crippen LogP contribution is -2.40. The topological polar surface area (TPSA) is 91.6 Å². The molecule has 1 rings (SSSR count). The molecule has 6 nitrogen and oxygen atoms in total. The van der Waals surface area contributed by atoms with E-state index in [0.29, 0.717) is 17.1 Å². The van der Waals surface area contributed by atoms with E-state index in [4.69, 9.17) is 10.8 Å². The van der Waals surface area contributed by atoms with Crippen LogP contribution in [0.4, 0.5) is 0 Å². The average molecular weight is 292 g/mol. The summed E-state index contributed by atoms with van der Waals surface area (Å²) < 4.78 is 5.36. The zero-order valence-electron chi connectivity index (χ0n) is 12.4. The molecule has 1 heterocycles. The van der Waals surface area contributed by atoms with E-state index in [1.165, 1.54) is 0 Å². The van der Waals surface area contributed by atoms with Crippen molar-refractivity contribution < 1.29 is 19.1 Å². The highest BCUT2D eigenvalue weighted by Gasteiger charge is 2.28. The molecule has 1 aromatic heterocycles. The first-order valence-corrected chi connectivity index (χ1v) is 6.53. The predicted molar refractivity (Wildman–Crippen MR) is 77.2 cm³/mol. The number of amides is 2. The van der Waals surface area contributed by atoms with E-state index in [2.05, 4.69) is 16.6 Å². The van der Waals surface area contributed by atoms with Crippen LogP contribution < -0.4 is 10.6 Å². The number of hydrogen-bond donors (Lipinski definition) is 3. The smallest absolute Gasteiger partial charge is 0.230 e. The molecule has 0 saturated heterocycles. The molecule has 21 heavy (non-hydrogen) atoms. The third-order valence-corrected chi connectivity index (χ3v) is 2.96. The fraction of sp³-hybridized carbons (Fsp3) is 0.467. The van der Waals surface area contributed by atoms with Crippen molar-refractivity contribution in [1.82, 2.24) is 10.6 Å². The van der Waals surface area contributed by atoms with E-state index in [1.54, 1.807) is 26.8 Å². The Bertz CT molecular complexity index is 567. The normalized spacial score (nSPS) is 13.1. The molecule has 0 spiro atoms. The minimum absolute atomic E-state index is 0.0198. The molecule has 2 amide bonds. The first kappa shape index (κ1) is 16.8. The lowest BCUT2D eigenvalue weighted by molar-refractivity contribution is -0.129. The monoisotopic (exact) mass is 292 g/mol. The van der Waals surface area contributed by atoms with Gasteiger partial charge in [-0.2, -0.15) is 0 Å². The molecule has 1 unspecified atom stereocenters. The van der Waals surface area contributed by atoms with Crippen LogP contribution in [0.25, 0.3) is 0 Å². The number of carbonyl (C=O) groups excluding carboxylic acids is 2. The fourth-order valence-corrected chi connectivity index (χ4v) is 1.95. The number of carbonyl (C=O) groups is 2. The van der Waals surface area contributed by atoms with Crippen LogP contribution in [0.15, 0.2) is 10.5 Å². The molecule has 0 saturated carbocycles. The molecular formula is C15H20N2O4. The van der Waals surface area contributed by atoms with E-state index < -0.39 is 17.4 Å². The maximum atomic E-state index is 11.6. The first-order chi connectivity index (χ1) is 9.76. The highest BCUT2D eigenvalue weighted by Crippen LogP contribution is 2.26. The predicted octanol–water partition coefficient (Wildman–Crippen LogP) is 0.360. The van der Waals surface area contributed by atoms with E-state index >= 15 is 0 Å². The van der Waals surface area contributed by atoms with Crippen LogP contribution >= 0.6 is 0 Å². The van der Waals surface area contributed by atoms with Crippen molar-refractivity contribution in [3.63, 3.8) is 0 Å². The molecule has 1 atom stereocenters. The summed E-state index contributed by atoms with van der Waals surface area (Å²) in [5.74, 6) is 2.58. The molecule has 3 N–H and O–H groups in total. The summed E-state index contributed by atoms with van der Waals surface area (Å²) in [7, 11) is 0. The third kappa shape index (κ3) is 4.97. The highest BCUT2D eigenvalue weighted by atomic mass is 16.3. The van der Waals surface area contributed by atoms with Gasteiger partial charge in [-0.15, -0.1) is 6.42 Å². The second-order valence-corrected chi connectivity index (χ2v) is 5.04. The molecule has 0 aliphatic heterocycles. The molecular weight excluding hydrogens is 272 g/mol. The zero-order chi connectivity index (χ0) is 16.0. The van der Waals surface area contributed by atoms with Crippen molar-refractivity contribution >= 4 is 11.8 Å². The van der Waals surface area contributed by atoms with E-state index in [0.717, 1.165) is 0 Å². The van der Waals surface area contributed by atoms with Crippen LogP contribution in [0.5, 0.6) is 0 Å². The number of nitrogens with one attached hydrogen (secondary N) is 2. The summed E-state index contributed by atoms with van der Waals surface area (Å²) in [6.07, 6.45) is 4.66. The Labute approximate surface area is 123 Å². The molecule has 1 aromatic rings. The van der Waals surface area contributed by atoms with Gasteiger partial charge in [0.05, 0.1) is 13.1 Å². The summed E-state index contributed by atoms with van der Waals surface area (Å²) in [5.41, 5.74) is -0.663. The van der Waals surface area contributed by atoms with Crippen LogP contribution in [0, 0.1) is 26.2 Å². The highest BCUT2D eigenvalue weighted by molar-refractivity contribution is 5.96. The molecule has 0 bridgehead atoms. The lowest BCUT2D eigenvalue weighted by Gasteiger charge is -2.23. The Morgan fingerprint density at radius 1 is 1.38 bits per heavy atom. The van der Waals surface area contributed by atoms with E-state index in [-0.39, 0.29) is 19.5 Å². The molecule has 0 radical (unpaired) electrons. The van der Waals surface area contributed by atoms with E-state index in [9.17, 15) is 14.7 Å².